The van der Waals surface area contributed by atoms with Gasteiger partial charge in [-0.05, 0) is 36.8 Å². The van der Waals surface area contributed by atoms with E-state index in [2.05, 4.69) is 0 Å². The lowest BCUT2D eigenvalue weighted by Gasteiger charge is -2.11. The van der Waals surface area contributed by atoms with Gasteiger partial charge in [0.25, 0.3) is 0 Å². The molecule has 0 amide bonds. The fourth-order valence-corrected chi connectivity index (χ4v) is 1.44. The molecular weight excluding hydrogens is 267 g/mol. The minimum absolute atomic E-state index is 0.0718. The van der Waals surface area contributed by atoms with Gasteiger partial charge in [-0.3, -0.25) is 0 Å². The summed E-state index contributed by atoms with van der Waals surface area (Å²) in [6.07, 6.45) is -1.53. The van der Waals surface area contributed by atoms with Gasteiger partial charge in [-0.2, -0.15) is 13.2 Å². The maximum Gasteiger partial charge on any atom is 0.416 e. The number of hydrogen-bond donors (Lipinski definition) is 3. The molecule has 0 spiro atoms. The standard InChI is InChI=1S/C12H14F3N3.C2H6/c1-7-6-8(12(13,14)15)2-3-9(7)10(16)4-5-11(17)18;1-2/h2-6H,16-18H2,1H3;1-2H3/b10-4-;. The Morgan fingerprint density at radius 2 is 1.60 bits per heavy atom. The Bertz CT molecular complexity index is 499. The van der Waals surface area contributed by atoms with E-state index in [0.29, 0.717) is 16.8 Å². The largest absolute Gasteiger partial charge is 0.416 e. The van der Waals surface area contributed by atoms with E-state index < -0.39 is 11.7 Å². The molecule has 0 aliphatic heterocycles. The average molecular weight is 287 g/mol. The SMILES string of the molecule is CC.Cc1cc(C(F)(F)F)ccc1/C(N)=C/C=C(N)N. The van der Waals surface area contributed by atoms with E-state index in [1.807, 2.05) is 13.8 Å². The summed E-state index contributed by atoms with van der Waals surface area (Å²) < 4.78 is 37.4. The first-order chi connectivity index (χ1) is 9.21. The van der Waals surface area contributed by atoms with Crippen LogP contribution >= 0.6 is 0 Å². The Kier molecular flexibility index (Phi) is 6.68. The highest BCUT2D eigenvalue weighted by molar-refractivity contribution is 5.67. The lowest BCUT2D eigenvalue weighted by molar-refractivity contribution is -0.137. The molecule has 0 fully saturated rings. The highest BCUT2D eigenvalue weighted by Gasteiger charge is 2.30. The number of nitrogens with two attached hydrogens (primary N) is 3. The van der Waals surface area contributed by atoms with E-state index in [0.717, 1.165) is 12.1 Å². The molecule has 3 nitrogen and oxygen atoms in total. The van der Waals surface area contributed by atoms with E-state index in [4.69, 9.17) is 17.2 Å². The number of aryl methyl sites for hydroxylation is 1. The van der Waals surface area contributed by atoms with Crippen LogP contribution in [0.25, 0.3) is 5.70 Å². The van der Waals surface area contributed by atoms with E-state index in [1.54, 1.807) is 6.92 Å². The van der Waals surface area contributed by atoms with Crippen LogP contribution in [0.3, 0.4) is 0 Å². The lowest BCUT2D eigenvalue weighted by atomic mass is 10.0. The van der Waals surface area contributed by atoms with Crippen molar-refractivity contribution >= 4 is 5.70 Å². The van der Waals surface area contributed by atoms with Gasteiger partial charge in [-0.1, -0.05) is 19.9 Å². The number of allylic oxidation sites excluding steroid dienone is 2. The second kappa shape index (κ2) is 7.47. The minimum atomic E-state index is -4.36. The van der Waals surface area contributed by atoms with Crippen molar-refractivity contribution in [2.24, 2.45) is 17.2 Å². The monoisotopic (exact) mass is 287 g/mol. The van der Waals surface area contributed by atoms with Gasteiger partial charge >= 0.3 is 6.18 Å². The lowest BCUT2D eigenvalue weighted by Crippen LogP contribution is -2.08. The van der Waals surface area contributed by atoms with Crippen LogP contribution in [0.2, 0.25) is 0 Å². The molecule has 112 valence electrons. The van der Waals surface area contributed by atoms with Crippen LogP contribution in [-0.2, 0) is 6.18 Å². The van der Waals surface area contributed by atoms with E-state index in [-0.39, 0.29) is 5.82 Å². The smallest absolute Gasteiger partial charge is 0.398 e. The Labute approximate surface area is 116 Å². The zero-order chi connectivity index (χ0) is 15.9. The first kappa shape index (κ1) is 17.9. The van der Waals surface area contributed by atoms with E-state index >= 15 is 0 Å². The van der Waals surface area contributed by atoms with Crippen LogP contribution in [0, 0.1) is 6.92 Å². The van der Waals surface area contributed by atoms with Crippen molar-refractivity contribution < 1.29 is 13.2 Å². The van der Waals surface area contributed by atoms with Crippen LogP contribution in [0.4, 0.5) is 13.2 Å². The van der Waals surface area contributed by atoms with Crippen molar-refractivity contribution in [1.29, 1.82) is 0 Å². The molecule has 6 heteroatoms. The van der Waals surface area contributed by atoms with Crippen molar-refractivity contribution in [2.45, 2.75) is 26.9 Å². The molecule has 20 heavy (non-hydrogen) atoms. The fourth-order valence-electron chi connectivity index (χ4n) is 1.44. The van der Waals surface area contributed by atoms with Crippen LogP contribution in [0.1, 0.15) is 30.5 Å². The molecule has 0 bridgehead atoms. The highest BCUT2D eigenvalue weighted by atomic mass is 19.4. The Morgan fingerprint density at radius 1 is 1.05 bits per heavy atom. The summed E-state index contributed by atoms with van der Waals surface area (Å²) in [5.41, 5.74) is 16.7. The molecule has 0 unspecified atom stereocenters. The van der Waals surface area contributed by atoms with Gasteiger partial charge in [0.1, 0.15) is 0 Å². The van der Waals surface area contributed by atoms with Crippen molar-refractivity contribution in [1.82, 2.24) is 0 Å². The van der Waals surface area contributed by atoms with Crippen molar-refractivity contribution in [3.63, 3.8) is 0 Å². The predicted molar refractivity (Wildman–Crippen MR) is 76.2 cm³/mol. The molecule has 0 aliphatic carbocycles. The molecule has 0 heterocycles. The van der Waals surface area contributed by atoms with Crippen LogP contribution < -0.4 is 17.2 Å². The van der Waals surface area contributed by atoms with Gasteiger partial charge < -0.3 is 17.2 Å². The van der Waals surface area contributed by atoms with E-state index in [9.17, 15) is 13.2 Å². The summed E-state index contributed by atoms with van der Waals surface area (Å²) in [6, 6.07) is 3.36. The summed E-state index contributed by atoms with van der Waals surface area (Å²) >= 11 is 0. The first-order valence-electron chi connectivity index (χ1n) is 6.08. The topological polar surface area (TPSA) is 78.1 Å². The third-order valence-corrected chi connectivity index (χ3v) is 2.32. The number of alkyl halides is 3. The third-order valence-electron chi connectivity index (χ3n) is 2.32. The second-order valence-electron chi connectivity index (χ2n) is 3.82. The fraction of sp³-hybridized carbons (Fsp3) is 0.286. The summed E-state index contributed by atoms with van der Waals surface area (Å²) in [7, 11) is 0. The summed E-state index contributed by atoms with van der Waals surface area (Å²) in [4.78, 5) is 0. The molecule has 0 aromatic heterocycles. The van der Waals surface area contributed by atoms with Gasteiger partial charge in [0, 0.05) is 11.3 Å². The molecule has 0 saturated carbocycles. The van der Waals surface area contributed by atoms with E-state index in [1.165, 1.54) is 18.2 Å². The molecule has 6 N–H and O–H groups in total. The van der Waals surface area contributed by atoms with Crippen molar-refractivity contribution in [3.8, 4) is 0 Å². The molecule has 1 aromatic carbocycles. The molecule has 1 aromatic rings. The van der Waals surface area contributed by atoms with Gasteiger partial charge in [0.2, 0.25) is 0 Å². The molecule has 0 aliphatic rings. The average Bonchev–Trinajstić information content (AvgIpc) is 2.37. The Hall–Kier alpha value is -2.11. The first-order valence-corrected chi connectivity index (χ1v) is 6.08. The summed E-state index contributed by atoms with van der Waals surface area (Å²) in [5.74, 6) is 0.0718. The highest BCUT2D eigenvalue weighted by Crippen LogP contribution is 2.31. The van der Waals surface area contributed by atoms with Crippen molar-refractivity contribution in [2.75, 3.05) is 0 Å². The maximum atomic E-state index is 12.5. The predicted octanol–water partition coefficient (Wildman–Crippen LogP) is 3.10. The molecule has 0 radical (unpaired) electrons. The normalized spacial score (nSPS) is 11.4. The summed E-state index contributed by atoms with van der Waals surface area (Å²) in [5, 5.41) is 0. The zero-order valence-corrected chi connectivity index (χ0v) is 11.8. The number of hydrogen-bond acceptors (Lipinski definition) is 3. The molecule has 0 saturated heterocycles. The van der Waals surface area contributed by atoms with Gasteiger partial charge in [0.05, 0.1) is 11.4 Å². The third kappa shape index (κ3) is 5.26. The number of rotatable bonds is 2. The van der Waals surface area contributed by atoms with Gasteiger partial charge in [-0.15, -0.1) is 0 Å². The zero-order valence-electron chi connectivity index (χ0n) is 11.8. The van der Waals surface area contributed by atoms with Crippen molar-refractivity contribution in [3.05, 3.63) is 52.9 Å². The van der Waals surface area contributed by atoms with Gasteiger partial charge in [-0.25, -0.2) is 0 Å². The Morgan fingerprint density at radius 3 is 2.00 bits per heavy atom. The summed E-state index contributed by atoms with van der Waals surface area (Å²) in [6.45, 7) is 5.56. The number of halogens is 3. The van der Waals surface area contributed by atoms with Gasteiger partial charge in [0.15, 0.2) is 0 Å². The minimum Gasteiger partial charge on any atom is -0.398 e. The molecule has 0 atom stereocenters. The number of benzene rings is 1. The Balaban J connectivity index is 0.00000172. The second-order valence-corrected chi connectivity index (χ2v) is 3.82. The van der Waals surface area contributed by atoms with Crippen LogP contribution in [0.15, 0.2) is 36.2 Å². The quantitative estimate of drug-likeness (QED) is 0.731. The maximum absolute atomic E-state index is 12.5. The molecular formula is C14H20F3N3. The van der Waals surface area contributed by atoms with Crippen LogP contribution in [0.5, 0.6) is 0 Å². The molecule has 1 rings (SSSR count). The van der Waals surface area contributed by atoms with Crippen LogP contribution in [-0.4, -0.2) is 0 Å².